The first-order valence-electron chi connectivity index (χ1n) is 9.20. The van der Waals surface area contributed by atoms with Crippen LogP contribution in [0.25, 0.3) is 10.8 Å². The van der Waals surface area contributed by atoms with Crippen molar-refractivity contribution in [2.45, 2.75) is 18.2 Å². The lowest BCUT2D eigenvalue weighted by Gasteiger charge is -2.08. The van der Waals surface area contributed by atoms with E-state index in [4.69, 9.17) is 0 Å². The molecule has 1 amide bonds. The van der Waals surface area contributed by atoms with Gasteiger partial charge in [-0.15, -0.1) is 10.2 Å². The monoisotopic (exact) mass is 438 g/mol. The van der Waals surface area contributed by atoms with Crippen molar-refractivity contribution < 1.29 is 13.2 Å². The third-order valence-corrected chi connectivity index (χ3v) is 6.89. The maximum atomic E-state index is 12.6. The Morgan fingerprint density at radius 2 is 1.70 bits per heavy atom. The Labute approximate surface area is 177 Å². The van der Waals surface area contributed by atoms with Crippen LogP contribution in [0.4, 0.5) is 10.8 Å². The van der Waals surface area contributed by atoms with Gasteiger partial charge < -0.3 is 5.32 Å². The van der Waals surface area contributed by atoms with E-state index < -0.39 is 10.0 Å². The smallest absolute Gasteiger partial charge is 0.263 e. The average Bonchev–Trinajstić information content (AvgIpc) is 3.20. The van der Waals surface area contributed by atoms with Gasteiger partial charge >= 0.3 is 0 Å². The molecule has 152 valence electrons. The van der Waals surface area contributed by atoms with Gasteiger partial charge in [-0.25, -0.2) is 8.42 Å². The van der Waals surface area contributed by atoms with E-state index in [2.05, 4.69) is 20.2 Å². The van der Waals surface area contributed by atoms with Gasteiger partial charge in [0, 0.05) is 11.3 Å². The first kappa shape index (κ1) is 20.0. The summed E-state index contributed by atoms with van der Waals surface area (Å²) in [6.45, 7) is 1.92. The molecule has 30 heavy (non-hydrogen) atoms. The quantitative estimate of drug-likeness (QED) is 0.467. The fourth-order valence-corrected chi connectivity index (χ4v) is 4.77. The van der Waals surface area contributed by atoms with Gasteiger partial charge in [-0.3, -0.25) is 9.52 Å². The zero-order valence-electron chi connectivity index (χ0n) is 16.0. The van der Waals surface area contributed by atoms with E-state index in [0.29, 0.717) is 17.7 Å². The number of benzene rings is 3. The number of fused-ring (bicyclic) bond motifs is 1. The second-order valence-electron chi connectivity index (χ2n) is 6.50. The molecule has 0 saturated heterocycles. The van der Waals surface area contributed by atoms with Gasteiger partial charge in [-0.05, 0) is 53.6 Å². The van der Waals surface area contributed by atoms with Crippen molar-refractivity contribution in [3.8, 4) is 0 Å². The molecule has 3 aromatic carbocycles. The van der Waals surface area contributed by atoms with Crippen LogP contribution in [0.1, 0.15) is 22.3 Å². The van der Waals surface area contributed by atoms with Crippen molar-refractivity contribution in [2.24, 2.45) is 0 Å². The van der Waals surface area contributed by atoms with Crippen molar-refractivity contribution >= 4 is 48.9 Å². The van der Waals surface area contributed by atoms with Crippen LogP contribution in [0.2, 0.25) is 0 Å². The van der Waals surface area contributed by atoms with Gasteiger partial charge in [0.05, 0.1) is 4.90 Å². The minimum Gasteiger partial charge on any atom is -0.322 e. The maximum absolute atomic E-state index is 12.6. The highest BCUT2D eigenvalue weighted by atomic mass is 32.2. The molecule has 0 unspecified atom stereocenters. The first-order chi connectivity index (χ1) is 14.4. The van der Waals surface area contributed by atoms with Crippen LogP contribution in [0, 0.1) is 0 Å². The molecule has 0 atom stereocenters. The van der Waals surface area contributed by atoms with E-state index in [0.717, 1.165) is 15.8 Å². The summed E-state index contributed by atoms with van der Waals surface area (Å²) in [7, 11) is -3.78. The van der Waals surface area contributed by atoms with Crippen molar-refractivity contribution in [1.82, 2.24) is 10.2 Å². The number of hydrogen-bond donors (Lipinski definition) is 2. The number of sulfonamides is 1. The van der Waals surface area contributed by atoms with Gasteiger partial charge in [0.1, 0.15) is 5.01 Å². The molecule has 0 fully saturated rings. The van der Waals surface area contributed by atoms with Crippen molar-refractivity contribution in [2.75, 3.05) is 10.0 Å². The summed E-state index contributed by atoms with van der Waals surface area (Å²) in [6.07, 6.45) is 0.686. The van der Waals surface area contributed by atoms with E-state index in [1.807, 2.05) is 43.3 Å². The van der Waals surface area contributed by atoms with Crippen LogP contribution in [0.15, 0.2) is 71.6 Å². The van der Waals surface area contributed by atoms with Gasteiger partial charge in [0.2, 0.25) is 5.13 Å². The Bertz CT molecular complexity index is 1320. The van der Waals surface area contributed by atoms with Crippen molar-refractivity contribution in [3.63, 3.8) is 0 Å². The number of rotatable bonds is 6. The number of carbonyl (C=O) groups is 1. The molecule has 4 aromatic rings. The van der Waals surface area contributed by atoms with Crippen LogP contribution >= 0.6 is 11.3 Å². The predicted molar refractivity (Wildman–Crippen MR) is 118 cm³/mol. The van der Waals surface area contributed by atoms with Gasteiger partial charge in [0.15, 0.2) is 0 Å². The Balaban J connectivity index is 1.47. The number of carbonyl (C=O) groups excluding carboxylic acids is 1. The lowest BCUT2D eigenvalue weighted by Crippen LogP contribution is -2.14. The number of nitrogens with zero attached hydrogens (tertiary/aromatic N) is 2. The Hall–Kier alpha value is -3.30. The molecule has 2 N–H and O–H groups in total. The number of nitrogens with one attached hydrogen (secondary N) is 2. The largest absolute Gasteiger partial charge is 0.322 e. The highest BCUT2D eigenvalue weighted by Gasteiger charge is 2.17. The minimum atomic E-state index is -3.78. The fourth-order valence-electron chi connectivity index (χ4n) is 2.86. The topological polar surface area (TPSA) is 101 Å². The van der Waals surface area contributed by atoms with Crippen molar-refractivity contribution in [1.29, 1.82) is 0 Å². The van der Waals surface area contributed by atoms with E-state index in [9.17, 15) is 13.2 Å². The normalized spacial score (nSPS) is 11.4. The summed E-state index contributed by atoms with van der Waals surface area (Å²) in [5, 5.41) is 13.5. The zero-order chi connectivity index (χ0) is 21.1. The second kappa shape index (κ2) is 8.21. The zero-order valence-corrected chi connectivity index (χ0v) is 17.6. The summed E-state index contributed by atoms with van der Waals surface area (Å²) in [4.78, 5) is 12.6. The van der Waals surface area contributed by atoms with Crippen LogP contribution < -0.4 is 10.0 Å². The van der Waals surface area contributed by atoms with Gasteiger partial charge in [-0.1, -0.05) is 48.6 Å². The molecule has 9 heteroatoms. The number of anilines is 2. The molecule has 0 radical (unpaired) electrons. The fraction of sp³-hybridized carbons (Fsp3) is 0.0952. The van der Waals surface area contributed by atoms with Crippen LogP contribution in [0.3, 0.4) is 0 Å². The average molecular weight is 439 g/mol. The molecule has 1 heterocycles. The third-order valence-electron chi connectivity index (χ3n) is 4.43. The molecule has 0 aliphatic carbocycles. The highest BCUT2D eigenvalue weighted by molar-refractivity contribution is 7.93. The molecule has 0 aliphatic heterocycles. The van der Waals surface area contributed by atoms with E-state index in [-0.39, 0.29) is 15.9 Å². The highest BCUT2D eigenvalue weighted by Crippen LogP contribution is 2.22. The molecule has 1 aromatic heterocycles. The van der Waals surface area contributed by atoms with E-state index in [1.165, 1.54) is 23.5 Å². The molecule has 0 saturated carbocycles. The molecular weight excluding hydrogens is 420 g/mol. The summed E-state index contributed by atoms with van der Waals surface area (Å²) >= 11 is 1.19. The van der Waals surface area contributed by atoms with Gasteiger partial charge in [-0.2, -0.15) is 0 Å². The summed E-state index contributed by atoms with van der Waals surface area (Å²) < 4.78 is 27.5. The third kappa shape index (κ3) is 4.32. The molecule has 0 bridgehead atoms. The summed E-state index contributed by atoms with van der Waals surface area (Å²) in [6, 6.07) is 19.2. The number of hydrogen-bond acceptors (Lipinski definition) is 6. The lowest BCUT2D eigenvalue weighted by molar-refractivity contribution is 0.102. The summed E-state index contributed by atoms with van der Waals surface area (Å²) in [5.41, 5.74) is 1.02. The lowest BCUT2D eigenvalue weighted by atomic mass is 10.1. The first-order valence-corrected chi connectivity index (χ1v) is 11.5. The molecule has 0 spiro atoms. The van der Waals surface area contributed by atoms with Crippen LogP contribution in [-0.2, 0) is 16.4 Å². The maximum Gasteiger partial charge on any atom is 0.263 e. The predicted octanol–water partition coefficient (Wildman–Crippen LogP) is 4.31. The second-order valence-corrected chi connectivity index (χ2v) is 9.24. The van der Waals surface area contributed by atoms with Crippen molar-refractivity contribution in [3.05, 3.63) is 77.3 Å². The summed E-state index contributed by atoms with van der Waals surface area (Å²) in [5.74, 6) is -0.268. The molecule has 0 aliphatic rings. The molecule has 4 rings (SSSR count). The number of amides is 1. The van der Waals surface area contributed by atoms with E-state index >= 15 is 0 Å². The number of aryl methyl sites for hydroxylation is 1. The van der Waals surface area contributed by atoms with Crippen LogP contribution in [-0.4, -0.2) is 24.5 Å². The number of aromatic nitrogens is 2. The Morgan fingerprint density at radius 1 is 0.967 bits per heavy atom. The molecular formula is C21H18N4O3S2. The van der Waals surface area contributed by atoms with E-state index in [1.54, 1.807) is 18.2 Å². The van der Waals surface area contributed by atoms with Crippen LogP contribution in [0.5, 0.6) is 0 Å². The van der Waals surface area contributed by atoms with Gasteiger partial charge in [0.25, 0.3) is 15.9 Å². The molecule has 7 nitrogen and oxygen atoms in total. The SMILES string of the molecule is CCc1nnc(NS(=O)(=O)c2ccc(NC(=O)c3ccc4ccccc4c3)cc2)s1. The Morgan fingerprint density at radius 3 is 2.40 bits per heavy atom. The Kier molecular flexibility index (Phi) is 5.47. The minimum absolute atomic E-state index is 0.0689. The standard InChI is InChI=1S/C21H18N4O3S2/c1-2-19-23-24-21(29-19)25-30(27,28)18-11-9-17(10-12-18)22-20(26)16-8-7-14-5-3-4-6-15(14)13-16/h3-13H,2H2,1H3,(H,22,26)(H,24,25).